The first-order valence-electron chi connectivity index (χ1n) is 8.15. The van der Waals surface area contributed by atoms with Gasteiger partial charge in [0.15, 0.2) is 5.76 Å². The number of carbonyl (C=O) groups is 1. The summed E-state index contributed by atoms with van der Waals surface area (Å²) in [6, 6.07) is 5.66. The van der Waals surface area contributed by atoms with Crippen LogP contribution in [0.4, 0.5) is 10.1 Å². The van der Waals surface area contributed by atoms with Crippen LogP contribution in [0.1, 0.15) is 11.8 Å². The van der Waals surface area contributed by atoms with Crippen LogP contribution in [-0.4, -0.2) is 18.0 Å². The highest BCUT2D eigenvalue weighted by atomic mass is 35.5. The average molecular weight is 440 g/mol. The Bertz CT molecular complexity index is 1010. The quantitative estimate of drug-likeness (QED) is 0.416. The zero-order valence-corrected chi connectivity index (χ0v) is 16.5. The fraction of sp³-hybridized carbons (Fsp3) is 0.111. The fourth-order valence-corrected chi connectivity index (χ4v) is 3.01. The molecule has 1 unspecified atom stereocenters. The first-order chi connectivity index (χ1) is 13.8. The lowest BCUT2D eigenvalue weighted by atomic mass is 10.2. The molecule has 2 heterocycles. The van der Waals surface area contributed by atoms with Crippen LogP contribution in [0.15, 0.2) is 53.8 Å². The summed E-state index contributed by atoms with van der Waals surface area (Å²) in [7, 11) is 1.48. The summed E-state index contributed by atoms with van der Waals surface area (Å²) in [4.78, 5) is 16.2. The third-order valence-electron chi connectivity index (χ3n) is 3.89. The van der Waals surface area contributed by atoms with E-state index in [1.165, 1.54) is 25.4 Å². The SMILES string of the molecule is COc1ccc(NC(=O)/C(N)=C/C2=C(N)NC(c3c(Cl)ccc(F)c3Cl)O2)cn1. The first-order valence-corrected chi connectivity index (χ1v) is 8.90. The van der Waals surface area contributed by atoms with Crippen molar-refractivity contribution < 1.29 is 18.7 Å². The third-order valence-corrected chi connectivity index (χ3v) is 4.60. The van der Waals surface area contributed by atoms with Gasteiger partial charge in [-0.25, -0.2) is 9.37 Å². The van der Waals surface area contributed by atoms with E-state index >= 15 is 0 Å². The Kier molecular flexibility index (Phi) is 6.00. The number of ether oxygens (including phenoxy) is 2. The number of nitrogens with one attached hydrogen (secondary N) is 2. The summed E-state index contributed by atoms with van der Waals surface area (Å²) in [6.07, 6.45) is 1.70. The van der Waals surface area contributed by atoms with Gasteiger partial charge in [-0.1, -0.05) is 23.2 Å². The van der Waals surface area contributed by atoms with Gasteiger partial charge in [0.1, 0.15) is 17.3 Å². The lowest BCUT2D eigenvalue weighted by Crippen LogP contribution is -2.21. The molecule has 152 valence electrons. The number of nitrogens with zero attached hydrogens (tertiary/aromatic N) is 1. The van der Waals surface area contributed by atoms with E-state index in [-0.39, 0.29) is 32.9 Å². The number of carbonyl (C=O) groups excluding carboxylic acids is 1. The molecule has 29 heavy (non-hydrogen) atoms. The maximum atomic E-state index is 13.8. The molecule has 0 bridgehead atoms. The van der Waals surface area contributed by atoms with Crippen molar-refractivity contribution >= 4 is 34.8 Å². The fourth-order valence-electron chi connectivity index (χ4n) is 2.44. The van der Waals surface area contributed by atoms with E-state index in [0.717, 1.165) is 6.07 Å². The number of amides is 1. The van der Waals surface area contributed by atoms with E-state index in [2.05, 4.69) is 15.6 Å². The highest BCUT2D eigenvalue weighted by molar-refractivity contribution is 6.36. The lowest BCUT2D eigenvalue weighted by molar-refractivity contribution is -0.112. The number of halogens is 3. The van der Waals surface area contributed by atoms with E-state index in [0.29, 0.717) is 11.6 Å². The maximum absolute atomic E-state index is 13.8. The molecule has 1 amide bonds. The van der Waals surface area contributed by atoms with Gasteiger partial charge < -0.3 is 31.6 Å². The Balaban J connectivity index is 1.73. The van der Waals surface area contributed by atoms with Gasteiger partial charge in [-0.3, -0.25) is 4.79 Å². The van der Waals surface area contributed by atoms with Crippen molar-refractivity contribution in [3.05, 3.63) is 75.2 Å². The molecule has 2 aromatic rings. The zero-order chi connectivity index (χ0) is 21.1. The molecule has 1 aromatic heterocycles. The summed E-state index contributed by atoms with van der Waals surface area (Å²) in [5.74, 6) is -0.715. The predicted molar refractivity (Wildman–Crippen MR) is 106 cm³/mol. The number of methoxy groups -OCH3 is 1. The topological polar surface area (TPSA) is 125 Å². The standard InChI is InChI=1S/C18H16Cl2FN5O3/c1-28-13-5-2-8(7-24-13)25-17(27)11(22)6-12-16(23)26-18(29-12)14-9(19)3-4-10(21)15(14)20/h2-7,18,26H,22-23H2,1H3,(H,25,27)/b11-6-. The number of rotatable bonds is 5. The molecule has 1 aliphatic rings. The monoisotopic (exact) mass is 439 g/mol. The summed E-state index contributed by atoms with van der Waals surface area (Å²) in [5, 5.41) is 5.33. The average Bonchev–Trinajstić information content (AvgIpc) is 3.05. The third kappa shape index (κ3) is 4.47. The smallest absolute Gasteiger partial charge is 0.271 e. The van der Waals surface area contributed by atoms with Gasteiger partial charge in [0.05, 0.1) is 34.6 Å². The van der Waals surface area contributed by atoms with E-state index in [4.69, 9.17) is 44.1 Å². The Labute approximate surface area is 175 Å². The molecular weight excluding hydrogens is 424 g/mol. The van der Waals surface area contributed by atoms with Crippen molar-refractivity contribution in [2.75, 3.05) is 12.4 Å². The second kappa shape index (κ2) is 8.46. The number of anilines is 1. The summed E-state index contributed by atoms with van der Waals surface area (Å²) in [6.45, 7) is 0. The molecular formula is C18H16Cl2FN5O3. The molecule has 0 fully saturated rings. The van der Waals surface area contributed by atoms with Crippen molar-refractivity contribution in [1.29, 1.82) is 0 Å². The van der Waals surface area contributed by atoms with E-state index in [1.54, 1.807) is 12.1 Å². The molecule has 0 aliphatic carbocycles. The second-order valence-electron chi connectivity index (χ2n) is 5.82. The minimum absolute atomic E-state index is 0.0758. The van der Waals surface area contributed by atoms with Crippen molar-refractivity contribution in [3.63, 3.8) is 0 Å². The van der Waals surface area contributed by atoms with Gasteiger partial charge in [0.25, 0.3) is 5.91 Å². The molecule has 6 N–H and O–H groups in total. The second-order valence-corrected chi connectivity index (χ2v) is 6.61. The first kappa shape index (κ1) is 20.6. The minimum atomic E-state index is -0.946. The Morgan fingerprint density at radius 3 is 2.79 bits per heavy atom. The van der Waals surface area contributed by atoms with Gasteiger partial charge in [-0.15, -0.1) is 0 Å². The van der Waals surface area contributed by atoms with Crippen LogP contribution in [0, 0.1) is 5.82 Å². The van der Waals surface area contributed by atoms with Gasteiger partial charge >= 0.3 is 0 Å². The highest BCUT2D eigenvalue weighted by Gasteiger charge is 2.29. The van der Waals surface area contributed by atoms with Crippen LogP contribution < -0.4 is 26.8 Å². The number of nitrogens with two attached hydrogens (primary N) is 2. The number of hydrogen-bond acceptors (Lipinski definition) is 7. The molecule has 0 saturated carbocycles. The molecule has 1 aromatic carbocycles. The lowest BCUT2D eigenvalue weighted by Gasteiger charge is -2.16. The molecule has 0 radical (unpaired) electrons. The minimum Gasteiger partial charge on any atom is -0.481 e. The Morgan fingerprint density at radius 2 is 2.14 bits per heavy atom. The molecule has 0 saturated heterocycles. The van der Waals surface area contributed by atoms with Crippen LogP contribution in [0.3, 0.4) is 0 Å². The van der Waals surface area contributed by atoms with E-state index < -0.39 is 18.0 Å². The largest absolute Gasteiger partial charge is 0.481 e. The number of aromatic nitrogens is 1. The molecule has 1 aliphatic heterocycles. The summed E-state index contributed by atoms with van der Waals surface area (Å²) in [5.41, 5.74) is 12.1. The van der Waals surface area contributed by atoms with Crippen molar-refractivity contribution in [2.24, 2.45) is 11.5 Å². The maximum Gasteiger partial charge on any atom is 0.271 e. The van der Waals surface area contributed by atoms with E-state index in [9.17, 15) is 9.18 Å². The molecule has 0 spiro atoms. The predicted octanol–water partition coefficient (Wildman–Crippen LogP) is 2.76. The van der Waals surface area contributed by atoms with Gasteiger partial charge in [-0.05, 0) is 18.2 Å². The molecule has 11 heteroatoms. The van der Waals surface area contributed by atoms with Crippen LogP contribution in [0.2, 0.25) is 10.0 Å². The van der Waals surface area contributed by atoms with Crippen molar-refractivity contribution in [1.82, 2.24) is 10.3 Å². The van der Waals surface area contributed by atoms with Crippen LogP contribution in [0.5, 0.6) is 5.88 Å². The van der Waals surface area contributed by atoms with Gasteiger partial charge in [0, 0.05) is 12.1 Å². The van der Waals surface area contributed by atoms with Gasteiger partial charge in [0.2, 0.25) is 12.1 Å². The summed E-state index contributed by atoms with van der Waals surface area (Å²) >= 11 is 12.1. The van der Waals surface area contributed by atoms with Crippen molar-refractivity contribution in [3.8, 4) is 5.88 Å². The zero-order valence-electron chi connectivity index (χ0n) is 15.0. The van der Waals surface area contributed by atoms with Crippen molar-refractivity contribution in [2.45, 2.75) is 6.23 Å². The number of benzene rings is 1. The Morgan fingerprint density at radius 1 is 1.38 bits per heavy atom. The van der Waals surface area contributed by atoms with Crippen LogP contribution in [0.25, 0.3) is 0 Å². The van der Waals surface area contributed by atoms with E-state index in [1.807, 2.05) is 0 Å². The molecule has 1 atom stereocenters. The van der Waals surface area contributed by atoms with Crippen LogP contribution >= 0.6 is 23.2 Å². The Hall–Kier alpha value is -3.17. The van der Waals surface area contributed by atoms with Crippen LogP contribution in [-0.2, 0) is 9.53 Å². The molecule has 8 nitrogen and oxygen atoms in total. The summed E-state index contributed by atoms with van der Waals surface area (Å²) < 4.78 is 24.3. The van der Waals surface area contributed by atoms with Gasteiger partial charge in [-0.2, -0.15) is 0 Å². The number of hydrogen-bond donors (Lipinski definition) is 4. The molecule has 3 rings (SSSR count). The number of allylic oxidation sites excluding steroid dienone is 1. The number of pyridine rings is 1. The highest BCUT2D eigenvalue weighted by Crippen LogP contribution is 2.37. The normalized spacial score (nSPS) is 16.3.